The topological polar surface area (TPSA) is 84.9 Å². The second-order valence-electron chi connectivity index (χ2n) is 13.9. The summed E-state index contributed by atoms with van der Waals surface area (Å²) in [6.45, 7) is 14.6. The molecular weight excluding hydrogens is 540 g/mol. The molecule has 8 heteroatoms. The van der Waals surface area contributed by atoms with E-state index in [0.717, 1.165) is 39.0 Å². The van der Waals surface area contributed by atoms with Crippen LogP contribution in [0.5, 0.6) is 0 Å². The highest BCUT2D eigenvalue weighted by Crippen LogP contribution is 2.42. The maximum absolute atomic E-state index is 12.1. The first-order chi connectivity index (χ1) is 19.8. The Morgan fingerprint density at radius 3 is 1.30 bits per heavy atom. The van der Waals surface area contributed by atoms with Crippen molar-refractivity contribution in [1.29, 1.82) is 0 Å². The molecule has 2 amide bonds. The number of allylic oxidation sites excluding steroid dienone is 2. The molecule has 232 valence electrons. The van der Waals surface area contributed by atoms with E-state index < -0.39 is 11.2 Å². The normalized spacial score (nSPS) is 24.1. The smallest absolute Gasteiger partial charge is 0.410 e. The Bertz CT molecular complexity index is 1220. The molecule has 6 rings (SSSR count). The number of aromatic nitrogens is 2. The fraction of sp³-hybridized carbons (Fsp3) is 0.543. The van der Waals surface area contributed by atoms with Gasteiger partial charge in [0.05, 0.1) is 0 Å². The third kappa shape index (κ3) is 8.24. The van der Waals surface area contributed by atoms with Crippen LogP contribution in [0.3, 0.4) is 0 Å². The Morgan fingerprint density at radius 1 is 0.651 bits per heavy atom. The lowest BCUT2D eigenvalue weighted by molar-refractivity contribution is 0.0275. The third-order valence-electron chi connectivity index (χ3n) is 8.18. The van der Waals surface area contributed by atoms with E-state index in [1.165, 1.54) is 22.3 Å². The lowest BCUT2D eigenvalue weighted by Crippen LogP contribution is -2.35. The first-order valence-corrected chi connectivity index (χ1v) is 15.0. The van der Waals surface area contributed by atoms with Gasteiger partial charge in [-0.3, -0.25) is 9.97 Å². The molecule has 2 aliphatic heterocycles. The van der Waals surface area contributed by atoms with E-state index in [4.69, 9.17) is 9.47 Å². The molecule has 2 aromatic heterocycles. The van der Waals surface area contributed by atoms with Gasteiger partial charge < -0.3 is 19.3 Å². The van der Waals surface area contributed by atoms with Gasteiger partial charge in [-0.15, -0.1) is 0 Å². The minimum atomic E-state index is -0.424. The van der Waals surface area contributed by atoms with Crippen LogP contribution in [-0.2, 0) is 9.47 Å². The van der Waals surface area contributed by atoms with Crippen molar-refractivity contribution in [1.82, 2.24) is 19.8 Å². The van der Waals surface area contributed by atoms with Crippen LogP contribution < -0.4 is 0 Å². The van der Waals surface area contributed by atoms with Crippen molar-refractivity contribution in [3.63, 3.8) is 0 Å². The van der Waals surface area contributed by atoms with Gasteiger partial charge in [-0.25, -0.2) is 9.59 Å². The number of nitrogens with zero attached hydrogens (tertiary/aromatic N) is 4. The predicted octanol–water partition coefficient (Wildman–Crippen LogP) is 7.34. The lowest BCUT2D eigenvalue weighted by atomic mass is 9.99. The van der Waals surface area contributed by atoms with Crippen LogP contribution in [0.4, 0.5) is 9.59 Å². The van der Waals surface area contributed by atoms with E-state index in [2.05, 4.69) is 46.4 Å². The second kappa shape index (κ2) is 12.9. The zero-order valence-corrected chi connectivity index (χ0v) is 25.7. The van der Waals surface area contributed by atoms with Gasteiger partial charge in [0.15, 0.2) is 0 Å². The molecule has 0 aromatic carbocycles. The summed E-state index contributed by atoms with van der Waals surface area (Å²) in [6, 6.07) is 8.22. The number of fused-ring (bicyclic) bond motifs is 2. The lowest BCUT2D eigenvalue weighted by Gasteiger charge is -2.24. The molecule has 4 aliphatic rings. The average molecular weight is 589 g/mol. The van der Waals surface area contributed by atoms with Crippen molar-refractivity contribution in [3.8, 4) is 0 Å². The van der Waals surface area contributed by atoms with Gasteiger partial charge in [0.2, 0.25) is 0 Å². The zero-order valence-electron chi connectivity index (χ0n) is 25.7. The zero-order chi connectivity index (χ0) is 30.1. The number of amides is 2. The molecule has 0 bridgehead atoms. The number of rotatable bonds is 2. The van der Waals surface area contributed by atoms with Crippen LogP contribution in [-0.4, -0.2) is 69.3 Å². The maximum Gasteiger partial charge on any atom is 0.410 e. The van der Waals surface area contributed by atoms with Crippen LogP contribution in [0.1, 0.15) is 72.9 Å². The molecule has 43 heavy (non-hydrogen) atoms. The molecule has 0 saturated carbocycles. The molecule has 2 fully saturated rings. The summed E-state index contributed by atoms with van der Waals surface area (Å²) >= 11 is 0. The first-order valence-electron chi connectivity index (χ1n) is 15.0. The third-order valence-corrected chi connectivity index (χ3v) is 8.18. The number of pyridine rings is 2. The molecule has 0 spiro atoms. The molecule has 8 nitrogen and oxygen atoms in total. The molecule has 0 radical (unpaired) electrons. The summed E-state index contributed by atoms with van der Waals surface area (Å²) < 4.78 is 10.9. The summed E-state index contributed by atoms with van der Waals surface area (Å²) in [5, 5.41) is 0. The fourth-order valence-corrected chi connectivity index (χ4v) is 6.33. The minimum Gasteiger partial charge on any atom is -0.444 e. The number of hydrogen-bond donors (Lipinski definition) is 0. The van der Waals surface area contributed by atoms with Gasteiger partial charge in [-0.1, -0.05) is 19.6 Å². The van der Waals surface area contributed by atoms with Crippen molar-refractivity contribution in [2.45, 2.75) is 73.0 Å². The van der Waals surface area contributed by atoms with Crippen molar-refractivity contribution >= 4 is 23.3 Å². The van der Waals surface area contributed by atoms with E-state index in [0.29, 0.717) is 23.7 Å². The Labute approximate surface area is 257 Å². The average Bonchev–Trinajstić information content (AvgIpc) is 3.67. The van der Waals surface area contributed by atoms with Crippen LogP contribution >= 0.6 is 0 Å². The van der Waals surface area contributed by atoms with E-state index >= 15 is 0 Å². The summed E-state index contributed by atoms with van der Waals surface area (Å²) in [4.78, 5) is 36.1. The largest absolute Gasteiger partial charge is 0.444 e. The van der Waals surface area contributed by atoms with Crippen molar-refractivity contribution in [3.05, 3.63) is 72.3 Å². The van der Waals surface area contributed by atoms with Gasteiger partial charge >= 0.3 is 12.2 Å². The van der Waals surface area contributed by atoms with Crippen molar-refractivity contribution in [2.24, 2.45) is 23.7 Å². The maximum atomic E-state index is 12.1. The van der Waals surface area contributed by atoms with Crippen LogP contribution in [0.25, 0.3) is 11.1 Å². The summed E-state index contributed by atoms with van der Waals surface area (Å²) in [5.74, 6) is 1.97. The summed E-state index contributed by atoms with van der Waals surface area (Å²) in [6.07, 6.45) is 13.7. The quantitative estimate of drug-likeness (QED) is 0.365. The second-order valence-corrected chi connectivity index (χ2v) is 13.9. The Kier molecular flexibility index (Phi) is 9.67. The first kappa shape index (κ1) is 32.2. The molecule has 2 saturated heterocycles. The van der Waals surface area contributed by atoms with Gasteiger partial charge in [-0.05, 0) is 125 Å². The molecule has 2 aromatic rings. The monoisotopic (exact) mass is 588 g/mol. The van der Waals surface area contributed by atoms with Gasteiger partial charge in [0.25, 0.3) is 0 Å². The van der Waals surface area contributed by atoms with E-state index in [9.17, 15) is 9.59 Å². The highest BCUT2D eigenvalue weighted by Gasteiger charge is 2.41. The highest BCUT2D eigenvalue weighted by atomic mass is 16.6. The summed E-state index contributed by atoms with van der Waals surface area (Å²) in [7, 11) is 0. The van der Waals surface area contributed by atoms with E-state index in [1.807, 2.05) is 76.1 Å². The Balaban J connectivity index is 0.000000192. The van der Waals surface area contributed by atoms with Crippen LogP contribution in [0, 0.1) is 23.7 Å². The number of likely N-dealkylation sites (tertiary alicyclic amines) is 2. The van der Waals surface area contributed by atoms with E-state index in [1.54, 1.807) is 0 Å². The number of ether oxygens (including phenoxy) is 2. The van der Waals surface area contributed by atoms with Gasteiger partial charge in [-0.2, -0.15) is 0 Å². The van der Waals surface area contributed by atoms with Gasteiger partial charge in [0, 0.05) is 51.0 Å². The molecule has 2 aliphatic carbocycles. The molecule has 4 atom stereocenters. The number of carbonyl (C=O) groups excluding carboxylic acids is 2. The number of hydrogen-bond acceptors (Lipinski definition) is 6. The summed E-state index contributed by atoms with van der Waals surface area (Å²) in [5.41, 5.74) is 4.43. The van der Waals surface area contributed by atoms with Crippen LogP contribution in [0.2, 0.25) is 0 Å². The number of carbonyl (C=O) groups is 2. The van der Waals surface area contributed by atoms with Crippen molar-refractivity contribution < 1.29 is 19.1 Å². The molecular formula is C35H48N4O4. The van der Waals surface area contributed by atoms with Gasteiger partial charge in [0.1, 0.15) is 11.2 Å². The molecule has 0 N–H and O–H groups in total. The predicted molar refractivity (Wildman–Crippen MR) is 170 cm³/mol. The van der Waals surface area contributed by atoms with Crippen LogP contribution in [0.15, 0.2) is 61.2 Å². The van der Waals surface area contributed by atoms with Crippen molar-refractivity contribution in [2.75, 3.05) is 26.2 Å². The molecule has 0 unspecified atom stereocenters. The SMILES string of the molecule is C.CC(C)(C)OC(=O)N1C[C@@H]2CC(c3ccncc3)=C[C@@H]2C1.CC(C)(C)OC(=O)N1C[C@H]2CC(c3ccncc3)=C[C@H]2C1. The van der Waals surface area contributed by atoms with E-state index in [-0.39, 0.29) is 19.6 Å². The minimum absolute atomic E-state index is 0. The Morgan fingerprint density at radius 2 is 1.00 bits per heavy atom. The Hall–Kier alpha value is -3.68. The molecule has 4 heterocycles. The fourth-order valence-electron chi connectivity index (χ4n) is 6.33. The standard InChI is InChI=1S/2C17H22N2O2.CH4/c2*1-17(2,3)21-16(20)19-10-14-8-13(9-15(14)11-19)12-4-6-18-7-5-12;/h2*4-8,14-15H,9-11H2,1-3H3;1H4/t2*14-,15+;/m10./s1. The highest BCUT2D eigenvalue weighted by molar-refractivity contribution is 5.72.